The highest BCUT2D eigenvalue weighted by molar-refractivity contribution is 7.16. The highest BCUT2D eigenvalue weighted by Gasteiger charge is 2.22. The minimum atomic E-state index is -1.22. The molecule has 0 amide bonds. The molecule has 0 bridgehead atoms. The molecule has 1 fully saturated rings. The number of likely N-dealkylation sites (tertiary alicyclic amines) is 1. The van der Waals surface area contributed by atoms with Crippen LogP contribution in [0.3, 0.4) is 0 Å². The first kappa shape index (κ1) is 23.9. The van der Waals surface area contributed by atoms with E-state index in [1.54, 1.807) is 0 Å². The van der Waals surface area contributed by atoms with E-state index >= 15 is 0 Å². The van der Waals surface area contributed by atoms with Gasteiger partial charge in [0.05, 0.1) is 4.70 Å². The molecule has 1 aliphatic heterocycles. The van der Waals surface area contributed by atoms with Gasteiger partial charge in [0.25, 0.3) is 0 Å². The van der Waals surface area contributed by atoms with Gasteiger partial charge in [0, 0.05) is 18.7 Å². The highest BCUT2D eigenvalue weighted by Crippen LogP contribution is 2.32. The van der Waals surface area contributed by atoms with E-state index in [0.29, 0.717) is 16.8 Å². The number of aliphatic hydroxyl groups excluding tert-OH is 2. The molecular weight excluding hydrogens is 438 g/mol. The third-order valence-electron chi connectivity index (χ3n) is 6.38. The molecule has 2 aromatic carbocycles. The standard InChI is InChI=1S/C25H33N3O4S/c29-20-9-8-19(23-21(20)27-25(32)33-23)22(30)24(31)26-12-10-17-6-5-7-18(16-17)11-15-28-13-3-1-2-4-14-28/h5-9,16,22,24,26,29-31H,1-4,10-15H2,(H,27,32). The van der Waals surface area contributed by atoms with Gasteiger partial charge >= 0.3 is 4.87 Å². The molecule has 0 spiro atoms. The maximum atomic E-state index is 11.7. The van der Waals surface area contributed by atoms with Crippen molar-refractivity contribution in [1.29, 1.82) is 0 Å². The molecule has 8 heteroatoms. The minimum Gasteiger partial charge on any atom is -0.506 e. The van der Waals surface area contributed by atoms with Crippen molar-refractivity contribution in [2.75, 3.05) is 26.2 Å². The lowest BCUT2D eigenvalue weighted by Gasteiger charge is -2.20. The van der Waals surface area contributed by atoms with E-state index in [2.05, 4.69) is 39.5 Å². The topological polar surface area (TPSA) is 109 Å². The van der Waals surface area contributed by atoms with Crippen LogP contribution in [-0.4, -0.2) is 57.6 Å². The molecule has 2 heterocycles. The lowest BCUT2D eigenvalue weighted by atomic mass is 10.0. The van der Waals surface area contributed by atoms with E-state index in [0.717, 1.165) is 30.7 Å². The molecule has 2 unspecified atom stereocenters. The van der Waals surface area contributed by atoms with Crippen molar-refractivity contribution < 1.29 is 15.3 Å². The lowest BCUT2D eigenvalue weighted by Crippen LogP contribution is -2.36. The van der Waals surface area contributed by atoms with Crippen LogP contribution in [0.1, 0.15) is 48.5 Å². The Kier molecular flexibility index (Phi) is 8.16. The van der Waals surface area contributed by atoms with Gasteiger partial charge in [0.2, 0.25) is 0 Å². The van der Waals surface area contributed by atoms with E-state index in [9.17, 15) is 20.1 Å². The van der Waals surface area contributed by atoms with Crippen LogP contribution in [0.25, 0.3) is 10.2 Å². The number of hydrogen-bond donors (Lipinski definition) is 5. The number of rotatable bonds is 9. The maximum Gasteiger partial charge on any atom is 0.305 e. The molecule has 33 heavy (non-hydrogen) atoms. The SMILES string of the molecule is O=c1[nH]c2c(O)ccc(C(O)C(O)NCCc3cccc(CCN4CCCCCC4)c3)c2s1. The van der Waals surface area contributed by atoms with Crippen molar-refractivity contribution in [3.63, 3.8) is 0 Å². The molecule has 4 rings (SSSR count). The Balaban J connectivity index is 1.30. The van der Waals surface area contributed by atoms with Gasteiger partial charge in [-0.1, -0.05) is 54.5 Å². The first-order chi connectivity index (χ1) is 16.0. The average molecular weight is 472 g/mol. The normalized spacial score (nSPS) is 17.2. The number of aromatic hydroxyl groups is 1. The van der Waals surface area contributed by atoms with Gasteiger partial charge in [0.1, 0.15) is 23.6 Å². The monoisotopic (exact) mass is 471 g/mol. The molecule has 1 saturated heterocycles. The van der Waals surface area contributed by atoms with Gasteiger partial charge in [-0.3, -0.25) is 10.1 Å². The van der Waals surface area contributed by atoms with Gasteiger partial charge in [0.15, 0.2) is 0 Å². The number of nitrogens with one attached hydrogen (secondary N) is 2. The van der Waals surface area contributed by atoms with Crippen molar-refractivity contribution in [1.82, 2.24) is 15.2 Å². The largest absolute Gasteiger partial charge is 0.506 e. The number of aliphatic hydroxyl groups is 2. The molecule has 3 aromatic rings. The van der Waals surface area contributed by atoms with Crippen molar-refractivity contribution in [3.05, 3.63) is 62.8 Å². The molecule has 1 aliphatic rings. The maximum absolute atomic E-state index is 11.7. The fourth-order valence-electron chi connectivity index (χ4n) is 4.51. The fourth-order valence-corrected chi connectivity index (χ4v) is 5.41. The zero-order valence-corrected chi connectivity index (χ0v) is 19.6. The fraction of sp³-hybridized carbons (Fsp3) is 0.480. The Hall–Kier alpha value is -2.23. The number of benzene rings is 2. The average Bonchev–Trinajstić information content (AvgIpc) is 3.03. The van der Waals surface area contributed by atoms with Crippen LogP contribution >= 0.6 is 11.3 Å². The van der Waals surface area contributed by atoms with Gasteiger partial charge in [-0.15, -0.1) is 0 Å². The number of fused-ring (bicyclic) bond motifs is 1. The van der Waals surface area contributed by atoms with E-state index in [4.69, 9.17) is 0 Å². The van der Waals surface area contributed by atoms with Crippen LogP contribution in [0.4, 0.5) is 0 Å². The second kappa shape index (κ2) is 11.3. The van der Waals surface area contributed by atoms with Crippen LogP contribution in [0.5, 0.6) is 5.75 Å². The summed E-state index contributed by atoms with van der Waals surface area (Å²) in [4.78, 5) is 16.5. The predicted octanol–water partition coefficient (Wildman–Crippen LogP) is 2.90. The summed E-state index contributed by atoms with van der Waals surface area (Å²) in [5.41, 5.74) is 3.20. The summed E-state index contributed by atoms with van der Waals surface area (Å²) in [6.45, 7) is 4.00. The summed E-state index contributed by atoms with van der Waals surface area (Å²) in [5.74, 6) is -0.0579. The molecule has 7 nitrogen and oxygen atoms in total. The molecule has 0 radical (unpaired) electrons. The molecule has 5 N–H and O–H groups in total. The molecule has 0 aliphatic carbocycles. The van der Waals surface area contributed by atoms with E-state index in [1.165, 1.54) is 62.0 Å². The van der Waals surface area contributed by atoms with Crippen molar-refractivity contribution in [3.8, 4) is 5.75 Å². The predicted molar refractivity (Wildman–Crippen MR) is 132 cm³/mol. The van der Waals surface area contributed by atoms with Crippen LogP contribution < -0.4 is 10.2 Å². The Bertz CT molecular complexity index is 1100. The lowest BCUT2D eigenvalue weighted by molar-refractivity contribution is -0.00168. The second-order valence-electron chi connectivity index (χ2n) is 8.81. The Morgan fingerprint density at radius 3 is 2.52 bits per heavy atom. The van der Waals surface area contributed by atoms with Crippen molar-refractivity contribution in [2.45, 2.75) is 50.9 Å². The van der Waals surface area contributed by atoms with Crippen LogP contribution in [0.15, 0.2) is 41.2 Å². The first-order valence-electron chi connectivity index (χ1n) is 11.8. The van der Waals surface area contributed by atoms with Crippen molar-refractivity contribution >= 4 is 21.6 Å². The van der Waals surface area contributed by atoms with Gasteiger partial charge in [-0.25, -0.2) is 0 Å². The molecule has 0 saturated carbocycles. The number of H-pyrrole nitrogens is 1. The third-order valence-corrected chi connectivity index (χ3v) is 7.31. The summed E-state index contributed by atoms with van der Waals surface area (Å²) in [6.07, 6.45) is 4.66. The zero-order valence-electron chi connectivity index (χ0n) is 18.8. The van der Waals surface area contributed by atoms with E-state index in [-0.39, 0.29) is 16.1 Å². The quantitative estimate of drug-likeness (QED) is 0.307. The number of hydrogen-bond acceptors (Lipinski definition) is 7. The molecule has 178 valence electrons. The number of aromatic nitrogens is 1. The summed E-state index contributed by atoms with van der Waals surface area (Å²) in [6, 6.07) is 11.5. The third kappa shape index (κ3) is 6.22. The summed E-state index contributed by atoms with van der Waals surface area (Å²) < 4.78 is 0.449. The number of thiazole rings is 1. The van der Waals surface area contributed by atoms with E-state index < -0.39 is 12.3 Å². The molecule has 1 aromatic heterocycles. The van der Waals surface area contributed by atoms with Crippen LogP contribution in [0.2, 0.25) is 0 Å². The van der Waals surface area contributed by atoms with Crippen molar-refractivity contribution in [2.24, 2.45) is 0 Å². The summed E-state index contributed by atoms with van der Waals surface area (Å²) in [7, 11) is 0. The minimum absolute atomic E-state index is 0.0579. The smallest absolute Gasteiger partial charge is 0.305 e. The summed E-state index contributed by atoms with van der Waals surface area (Å²) >= 11 is 0.903. The van der Waals surface area contributed by atoms with Gasteiger partial charge in [-0.2, -0.15) is 0 Å². The van der Waals surface area contributed by atoms with Gasteiger partial charge in [-0.05, 0) is 56.0 Å². The Labute approximate surface area is 197 Å². The summed E-state index contributed by atoms with van der Waals surface area (Å²) in [5, 5.41) is 34.0. The van der Waals surface area contributed by atoms with Crippen LogP contribution in [0, 0.1) is 0 Å². The number of phenolic OH excluding ortho intramolecular Hbond substituents is 1. The second-order valence-corrected chi connectivity index (χ2v) is 9.80. The van der Waals surface area contributed by atoms with Gasteiger partial charge < -0.3 is 25.2 Å². The molecular formula is C25H33N3O4S. The molecule has 2 atom stereocenters. The zero-order chi connectivity index (χ0) is 23.2. The van der Waals surface area contributed by atoms with Crippen LogP contribution in [-0.2, 0) is 12.8 Å². The number of phenols is 1. The highest BCUT2D eigenvalue weighted by atomic mass is 32.1. The first-order valence-corrected chi connectivity index (χ1v) is 12.6. The Morgan fingerprint density at radius 1 is 1.03 bits per heavy atom. The number of aromatic amines is 1. The Morgan fingerprint density at radius 2 is 1.76 bits per heavy atom. The number of nitrogens with zero attached hydrogens (tertiary/aromatic N) is 1. The van der Waals surface area contributed by atoms with E-state index in [1.807, 2.05) is 0 Å².